The molecule has 1 aliphatic carbocycles. The van der Waals surface area contributed by atoms with E-state index >= 15 is 0 Å². The van der Waals surface area contributed by atoms with Crippen molar-refractivity contribution in [1.29, 1.82) is 0 Å². The maximum absolute atomic E-state index is 12.7. The zero-order valence-electron chi connectivity index (χ0n) is 20.1. The van der Waals surface area contributed by atoms with E-state index in [-0.39, 0.29) is 0 Å². The molecule has 2 amide bonds. The number of likely N-dealkylation sites (N-methyl/N-ethyl adjacent to an activating group) is 2. The van der Waals surface area contributed by atoms with Crippen molar-refractivity contribution in [1.82, 2.24) is 10.2 Å². The van der Waals surface area contributed by atoms with E-state index in [1.54, 1.807) is 24.3 Å². The van der Waals surface area contributed by atoms with Gasteiger partial charge in [-0.25, -0.2) is 0 Å². The summed E-state index contributed by atoms with van der Waals surface area (Å²) in [5.74, 6) is 10.6. The molecule has 0 radical (unpaired) electrons. The Bertz CT molecular complexity index is 1160. The molecule has 2 aromatic carbocycles. The van der Waals surface area contributed by atoms with E-state index in [1.807, 2.05) is 12.1 Å². The Morgan fingerprint density at radius 3 is 2.06 bits per heavy atom. The van der Waals surface area contributed by atoms with Crippen LogP contribution in [-0.2, 0) is 16.0 Å². The minimum absolute atomic E-state index is 0.293. The van der Waals surface area contributed by atoms with Crippen LogP contribution in [-0.4, -0.2) is 54.3 Å². The molecule has 2 aromatic rings. The number of rotatable bonds is 8. The van der Waals surface area contributed by atoms with Gasteiger partial charge in [-0.3, -0.25) is 14.4 Å². The zero-order valence-corrected chi connectivity index (χ0v) is 20.1. The van der Waals surface area contributed by atoms with Gasteiger partial charge in [-0.2, -0.15) is 0 Å². The number of Topliss-reactive ketones (excluding diaryl/α,β-unsaturated/α-hetero) is 1. The Labute approximate surface area is 206 Å². The first-order valence-corrected chi connectivity index (χ1v) is 11.8. The highest BCUT2D eigenvalue weighted by Crippen LogP contribution is 2.30. The first-order chi connectivity index (χ1) is 16.9. The Morgan fingerprint density at radius 2 is 1.57 bits per heavy atom. The molecule has 35 heavy (non-hydrogen) atoms. The van der Waals surface area contributed by atoms with Gasteiger partial charge in [-0.15, -0.1) is 0 Å². The van der Waals surface area contributed by atoms with Crippen molar-refractivity contribution >= 4 is 17.6 Å². The molecule has 1 unspecified atom stereocenters. The molecular weight excluding hydrogens is 440 g/mol. The Morgan fingerprint density at radius 1 is 1.00 bits per heavy atom. The molecule has 0 aliphatic heterocycles. The SMILES string of the molecule is CNC(=O)C(C(=O)CO)N(C)C(=O)c1ccc(C#CC#Cc2ccc(CCC3CCC3)cc2)cc1. The van der Waals surface area contributed by atoms with Crippen LogP contribution >= 0.6 is 0 Å². The standard InChI is InChI=1S/C29H30N2O4/c1-30-28(34)27(26(33)20-32)31(2)29(35)25-18-16-23(17-19-25)7-4-3-6-22-11-14-24(15-12-22)13-10-21-8-5-9-21/h11-12,14-19,21,27,32H,5,8-10,13,20H2,1-2H3,(H,30,34). The summed E-state index contributed by atoms with van der Waals surface area (Å²) >= 11 is 0. The fourth-order valence-electron chi connectivity index (χ4n) is 3.89. The molecule has 0 aromatic heterocycles. The third kappa shape index (κ3) is 7.06. The molecule has 6 nitrogen and oxygen atoms in total. The van der Waals surface area contributed by atoms with Crippen LogP contribution in [0.3, 0.4) is 0 Å². The smallest absolute Gasteiger partial charge is 0.254 e. The first kappa shape index (κ1) is 25.7. The molecule has 1 atom stereocenters. The molecule has 2 N–H and O–H groups in total. The molecule has 6 heteroatoms. The maximum Gasteiger partial charge on any atom is 0.254 e. The second-order valence-electron chi connectivity index (χ2n) is 8.67. The molecule has 1 fully saturated rings. The van der Waals surface area contributed by atoms with Crippen molar-refractivity contribution in [3.05, 3.63) is 70.8 Å². The summed E-state index contributed by atoms with van der Waals surface area (Å²) in [4.78, 5) is 37.7. The van der Waals surface area contributed by atoms with Gasteiger partial charge in [0.05, 0.1) is 0 Å². The van der Waals surface area contributed by atoms with Gasteiger partial charge in [0, 0.05) is 30.8 Å². The van der Waals surface area contributed by atoms with Crippen LogP contribution in [0.25, 0.3) is 0 Å². The summed E-state index contributed by atoms with van der Waals surface area (Å²) in [7, 11) is 2.71. The van der Waals surface area contributed by atoms with Crippen LogP contribution in [0.2, 0.25) is 0 Å². The average Bonchev–Trinajstić information content (AvgIpc) is 2.86. The largest absolute Gasteiger partial charge is 0.388 e. The number of nitrogens with zero attached hydrogens (tertiary/aromatic N) is 1. The van der Waals surface area contributed by atoms with E-state index in [0.717, 1.165) is 22.8 Å². The molecule has 180 valence electrons. The minimum Gasteiger partial charge on any atom is -0.388 e. The lowest BCUT2D eigenvalue weighted by atomic mass is 9.81. The molecule has 0 spiro atoms. The monoisotopic (exact) mass is 470 g/mol. The molecule has 1 saturated carbocycles. The van der Waals surface area contributed by atoms with Gasteiger partial charge in [0.1, 0.15) is 6.61 Å². The second kappa shape index (κ2) is 12.6. The van der Waals surface area contributed by atoms with E-state index in [2.05, 4.69) is 41.1 Å². The lowest BCUT2D eigenvalue weighted by Gasteiger charge is -2.25. The quantitative estimate of drug-likeness (QED) is 0.459. The number of ketones is 1. The summed E-state index contributed by atoms with van der Waals surface area (Å²) < 4.78 is 0. The summed E-state index contributed by atoms with van der Waals surface area (Å²) in [6.07, 6.45) is 6.53. The fraction of sp³-hybridized carbons (Fsp3) is 0.345. The molecular formula is C29H30N2O4. The van der Waals surface area contributed by atoms with Gasteiger partial charge in [0.2, 0.25) is 5.91 Å². The molecule has 0 heterocycles. The summed E-state index contributed by atoms with van der Waals surface area (Å²) in [6, 6.07) is 13.4. The fourth-order valence-corrected chi connectivity index (χ4v) is 3.89. The van der Waals surface area contributed by atoms with Gasteiger partial charge < -0.3 is 15.3 Å². The van der Waals surface area contributed by atoms with Gasteiger partial charge in [0.15, 0.2) is 11.8 Å². The number of aliphatic hydroxyl groups is 1. The number of benzene rings is 2. The van der Waals surface area contributed by atoms with Crippen LogP contribution in [0.5, 0.6) is 0 Å². The lowest BCUT2D eigenvalue weighted by molar-refractivity contribution is -0.135. The number of hydrogen-bond donors (Lipinski definition) is 2. The average molecular weight is 471 g/mol. The van der Waals surface area contributed by atoms with Crippen molar-refractivity contribution in [3.63, 3.8) is 0 Å². The Kier molecular flexibility index (Phi) is 9.23. The number of carbonyl (C=O) groups excluding carboxylic acids is 3. The van der Waals surface area contributed by atoms with Gasteiger partial charge >= 0.3 is 0 Å². The number of amides is 2. The first-order valence-electron chi connectivity index (χ1n) is 11.8. The maximum atomic E-state index is 12.7. The predicted octanol–water partition coefficient (Wildman–Crippen LogP) is 2.57. The number of hydrogen-bond acceptors (Lipinski definition) is 4. The highest BCUT2D eigenvalue weighted by atomic mass is 16.3. The van der Waals surface area contributed by atoms with Crippen LogP contribution in [0, 0.1) is 29.6 Å². The van der Waals surface area contributed by atoms with Crippen molar-refractivity contribution in [2.24, 2.45) is 5.92 Å². The lowest BCUT2D eigenvalue weighted by Crippen LogP contribution is -2.52. The number of carbonyl (C=O) groups is 3. The molecule has 0 saturated heterocycles. The zero-order chi connectivity index (χ0) is 25.2. The predicted molar refractivity (Wildman–Crippen MR) is 134 cm³/mol. The number of aryl methyl sites for hydroxylation is 1. The highest BCUT2D eigenvalue weighted by Gasteiger charge is 2.32. The third-order valence-corrected chi connectivity index (χ3v) is 6.29. The van der Waals surface area contributed by atoms with E-state index in [1.165, 1.54) is 45.3 Å². The van der Waals surface area contributed by atoms with E-state index < -0.39 is 30.2 Å². The highest BCUT2D eigenvalue weighted by molar-refractivity contribution is 6.10. The normalized spacial score (nSPS) is 13.2. The number of nitrogens with one attached hydrogen (secondary N) is 1. The van der Waals surface area contributed by atoms with E-state index in [4.69, 9.17) is 5.11 Å². The summed E-state index contributed by atoms with van der Waals surface area (Å²) in [6.45, 7) is -0.837. The molecule has 0 bridgehead atoms. The van der Waals surface area contributed by atoms with Crippen LogP contribution in [0.4, 0.5) is 0 Å². The van der Waals surface area contributed by atoms with Crippen LogP contribution in [0.1, 0.15) is 52.7 Å². The van der Waals surface area contributed by atoms with E-state index in [9.17, 15) is 14.4 Å². The second-order valence-corrected chi connectivity index (χ2v) is 8.67. The van der Waals surface area contributed by atoms with E-state index in [0.29, 0.717) is 11.1 Å². The third-order valence-electron chi connectivity index (χ3n) is 6.29. The number of aliphatic hydroxyl groups excluding tert-OH is 1. The van der Waals surface area contributed by atoms with Crippen LogP contribution in [0.15, 0.2) is 48.5 Å². The van der Waals surface area contributed by atoms with Gasteiger partial charge in [-0.1, -0.05) is 43.2 Å². The van der Waals surface area contributed by atoms with Gasteiger partial charge in [0.25, 0.3) is 5.91 Å². The Hall–Kier alpha value is -3.87. The van der Waals surface area contributed by atoms with Gasteiger partial charge in [-0.05, 0) is 72.6 Å². The summed E-state index contributed by atoms with van der Waals surface area (Å²) in [5.41, 5.74) is 3.23. The van der Waals surface area contributed by atoms with Crippen molar-refractivity contribution < 1.29 is 19.5 Å². The van der Waals surface area contributed by atoms with Crippen molar-refractivity contribution in [2.75, 3.05) is 20.7 Å². The van der Waals surface area contributed by atoms with Crippen LogP contribution < -0.4 is 5.32 Å². The molecule has 3 rings (SSSR count). The molecule has 1 aliphatic rings. The topological polar surface area (TPSA) is 86.7 Å². The van der Waals surface area contributed by atoms with Crippen molar-refractivity contribution in [3.8, 4) is 23.7 Å². The van der Waals surface area contributed by atoms with Crippen molar-refractivity contribution in [2.45, 2.75) is 38.1 Å². The Balaban J connectivity index is 1.58. The minimum atomic E-state index is -1.40. The summed E-state index contributed by atoms with van der Waals surface area (Å²) in [5, 5.41) is 11.5.